The molecule has 7 N–H and O–H groups in total. The zero-order valence-electron chi connectivity index (χ0n) is 16.9. The number of carbonyl (C=O) groups excluding carboxylic acids is 3. The minimum absolute atomic E-state index is 0.0687. The predicted molar refractivity (Wildman–Crippen MR) is 108 cm³/mol. The maximum atomic E-state index is 12.3. The minimum atomic E-state index is -0.327. The van der Waals surface area contributed by atoms with E-state index in [1.807, 2.05) is 0 Å². The average molecular weight is 401 g/mol. The third-order valence-corrected chi connectivity index (χ3v) is 4.34. The highest BCUT2D eigenvalue weighted by atomic mass is 16.2. The van der Waals surface area contributed by atoms with E-state index < -0.39 is 0 Å². The van der Waals surface area contributed by atoms with Gasteiger partial charge in [-0.15, -0.1) is 0 Å². The maximum Gasteiger partial charge on any atom is 0.242 e. The van der Waals surface area contributed by atoms with E-state index >= 15 is 0 Å². The molecule has 1 aliphatic heterocycles. The number of nitrogens with one attached hydrogen (secondary N) is 5. The van der Waals surface area contributed by atoms with Crippen molar-refractivity contribution in [3.05, 3.63) is 0 Å². The lowest BCUT2D eigenvalue weighted by Gasteiger charge is -2.24. The minimum Gasteiger partial charge on any atom is -0.358 e. The molecule has 11 nitrogen and oxygen atoms in total. The van der Waals surface area contributed by atoms with Crippen molar-refractivity contribution in [2.75, 3.05) is 92.1 Å². The summed E-state index contributed by atoms with van der Waals surface area (Å²) in [5, 5.41) is 15.1. The van der Waals surface area contributed by atoms with Crippen molar-refractivity contribution < 1.29 is 14.4 Å². The Balaban J connectivity index is 2.41. The number of likely N-dealkylation sites (N-methyl/N-ethyl adjacent to an activating group) is 1. The van der Waals surface area contributed by atoms with E-state index in [0.29, 0.717) is 0 Å². The van der Waals surface area contributed by atoms with E-state index in [0.717, 1.165) is 52.4 Å². The van der Waals surface area contributed by atoms with E-state index in [-0.39, 0.29) is 50.4 Å². The fraction of sp³-hybridized carbons (Fsp3) is 0.824. The molecule has 0 spiro atoms. The second-order valence-electron chi connectivity index (χ2n) is 6.58. The smallest absolute Gasteiger partial charge is 0.242 e. The second kappa shape index (κ2) is 15.2. The van der Waals surface area contributed by atoms with Gasteiger partial charge in [-0.3, -0.25) is 19.3 Å². The molecule has 1 rings (SSSR count). The molecule has 0 radical (unpaired) electrons. The van der Waals surface area contributed by atoms with E-state index in [1.54, 1.807) is 0 Å². The van der Waals surface area contributed by atoms with Crippen molar-refractivity contribution in [1.29, 1.82) is 0 Å². The number of amides is 3. The lowest BCUT2D eigenvalue weighted by atomic mass is 10.3. The molecule has 0 aliphatic carbocycles. The van der Waals surface area contributed by atoms with Crippen LogP contribution in [0.4, 0.5) is 0 Å². The Morgan fingerprint density at radius 3 is 2.07 bits per heavy atom. The van der Waals surface area contributed by atoms with Gasteiger partial charge in [-0.1, -0.05) is 0 Å². The van der Waals surface area contributed by atoms with Crippen molar-refractivity contribution in [2.24, 2.45) is 5.73 Å². The van der Waals surface area contributed by atoms with Crippen LogP contribution in [0.2, 0.25) is 0 Å². The number of nitrogens with two attached hydrogens (primary N) is 1. The molecular weight excluding hydrogens is 364 g/mol. The third-order valence-electron chi connectivity index (χ3n) is 4.34. The number of carbonyl (C=O) groups is 3. The molecule has 3 amide bonds. The van der Waals surface area contributed by atoms with Gasteiger partial charge in [0, 0.05) is 72.5 Å². The van der Waals surface area contributed by atoms with Gasteiger partial charge < -0.3 is 37.2 Å². The zero-order chi connectivity index (χ0) is 20.6. The summed E-state index contributed by atoms with van der Waals surface area (Å²) < 4.78 is 0. The van der Waals surface area contributed by atoms with Crippen LogP contribution in [-0.2, 0) is 14.4 Å². The monoisotopic (exact) mass is 400 g/mol. The topological polar surface area (TPSA) is 144 Å². The summed E-state index contributed by atoms with van der Waals surface area (Å²) >= 11 is 0. The molecule has 0 saturated carbocycles. The van der Waals surface area contributed by atoms with Crippen LogP contribution in [0, 0.1) is 0 Å². The first kappa shape index (κ1) is 24.2. The number of hydrogen-bond acceptors (Lipinski definition) is 8. The van der Waals surface area contributed by atoms with Gasteiger partial charge in [0.05, 0.1) is 19.6 Å². The summed E-state index contributed by atoms with van der Waals surface area (Å²) in [4.78, 5) is 39.4. The average Bonchev–Trinajstić information content (AvgIpc) is 2.67. The highest BCUT2D eigenvalue weighted by molar-refractivity contribution is 5.88. The zero-order valence-corrected chi connectivity index (χ0v) is 16.9. The summed E-state index contributed by atoms with van der Waals surface area (Å²) in [6, 6.07) is 0. The molecule has 1 aliphatic rings. The molecule has 0 bridgehead atoms. The predicted octanol–water partition coefficient (Wildman–Crippen LogP) is -4.28. The van der Waals surface area contributed by atoms with E-state index in [9.17, 15) is 14.4 Å². The van der Waals surface area contributed by atoms with Crippen molar-refractivity contribution >= 4 is 17.7 Å². The molecule has 0 aromatic heterocycles. The van der Waals surface area contributed by atoms with Gasteiger partial charge >= 0.3 is 0 Å². The van der Waals surface area contributed by atoms with Crippen molar-refractivity contribution in [2.45, 2.75) is 0 Å². The third kappa shape index (κ3) is 11.1. The van der Waals surface area contributed by atoms with Gasteiger partial charge in [0.1, 0.15) is 0 Å². The van der Waals surface area contributed by atoms with Gasteiger partial charge in [0.25, 0.3) is 0 Å². The SMILES string of the molecule is CNC(=O)CN(CCN)C(=O)CNC(=O)CN1CCNCCNCCNCC1. The second-order valence-corrected chi connectivity index (χ2v) is 6.58. The number of hydrogen-bond donors (Lipinski definition) is 6. The van der Waals surface area contributed by atoms with Crippen LogP contribution >= 0.6 is 0 Å². The van der Waals surface area contributed by atoms with Crippen molar-refractivity contribution in [3.8, 4) is 0 Å². The number of rotatable bonds is 8. The van der Waals surface area contributed by atoms with Gasteiger partial charge in [0.2, 0.25) is 17.7 Å². The molecule has 1 fully saturated rings. The summed E-state index contributed by atoms with van der Waals surface area (Å²) in [6.07, 6.45) is 0. The molecule has 28 heavy (non-hydrogen) atoms. The summed E-state index contributed by atoms with van der Waals surface area (Å²) in [7, 11) is 1.51. The molecule has 11 heteroatoms. The van der Waals surface area contributed by atoms with Crippen LogP contribution in [0.5, 0.6) is 0 Å². The number of nitrogens with zero attached hydrogens (tertiary/aromatic N) is 2. The van der Waals surface area contributed by atoms with Gasteiger partial charge in [-0.05, 0) is 0 Å². The molecule has 162 valence electrons. The lowest BCUT2D eigenvalue weighted by Crippen LogP contribution is -2.49. The quantitative estimate of drug-likeness (QED) is 0.240. The van der Waals surface area contributed by atoms with Crippen LogP contribution in [0.25, 0.3) is 0 Å². The van der Waals surface area contributed by atoms with Crippen LogP contribution < -0.4 is 32.3 Å². The first-order valence-corrected chi connectivity index (χ1v) is 9.86. The largest absolute Gasteiger partial charge is 0.358 e. The Kier molecular flexibility index (Phi) is 13.1. The van der Waals surface area contributed by atoms with E-state index in [1.165, 1.54) is 11.9 Å². The molecule has 1 heterocycles. The first-order valence-electron chi connectivity index (χ1n) is 9.86. The molecule has 0 unspecified atom stereocenters. The molecular formula is C17H36N8O3. The van der Waals surface area contributed by atoms with E-state index in [4.69, 9.17) is 5.73 Å². The Hall–Kier alpha value is -1.79. The van der Waals surface area contributed by atoms with Crippen molar-refractivity contribution in [3.63, 3.8) is 0 Å². The fourth-order valence-corrected chi connectivity index (χ4v) is 2.72. The first-order chi connectivity index (χ1) is 13.6. The standard InChI is InChI=1S/C17H36N8O3/c1-19-15(26)14-25(9-2-18)17(28)12-23-16(27)13-24-10-7-21-5-3-20-4-6-22-8-11-24/h20-22H,2-14,18H2,1H3,(H,19,26)(H,23,27). The van der Waals surface area contributed by atoms with Crippen LogP contribution in [0.1, 0.15) is 0 Å². The van der Waals surface area contributed by atoms with Gasteiger partial charge in [0.15, 0.2) is 0 Å². The Bertz CT molecular complexity index is 465. The van der Waals surface area contributed by atoms with Crippen LogP contribution in [0.15, 0.2) is 0 Å². The van der Waals surface area contributed by atoms with Crippen LogP contribution in [0.3, 0.4) is 0 Å². The normalized spacial score (nSPS) is 17.1. The van der Waals surface area contributed by atoms with Gasteiger partial charge in [-0.25, -0.2) is 0 Å². The Labute approximate surface area is 167 Å². The highest BCUT2D eigenvalue weighted by Gasteiger charge is 2.17. The van der Waals surface area contributed by atoms with Crippen LogP contribution in [-0.4, -0.2) is 120 Å². The Morgan fingerprint density at radius 2 is 1.54 bits per heavy atom. The highest BCUT2D eigenvalue weighted by Crippen LogP contribution is 1.91. The van der Waals surface area contributed by atoms with E-state index in [2.05, 4.69) is 31.5 Å². The fourth-order valence-electron chi connectivity index (χ4n) is 2.72. The summed E-state index contributed by atoms with van der Waals surface area (Å²) in [6.45, 7) is 7.22. The maximum absolute atomic E-state index is 12.3. The molecule has 1 saturated heterocycles. The lowest BCUT2D eigenvalue weighted by molar-refractivity contribution is -0.136. The molecule has 0 aromatic carbocycles. The van der Waals surface area contributed by atoms with Crippen molar-refractivity contribution in [1.82, 2.24) is 36.4 Å². The molecule has 0 atom stereocenters. The summed E-state index contributed by atoms with van der Waals surface area (Å²) in [5.74, 6) is -0.815. The Morgan fingerprint density at radius 1 is 0.964 bits per heavy atom. The summed E-state index contributed by atoms with van der Waals surface area (Å²) in [5.41, 5.74) is 5.50. The van der Waals surface area contributed by atoms with Gasteiger partial charge in [-0.2, -0.15) is 0 Å². The molecule has 0 aromatic rings.